The molecule has 10 heteroatoms. The number of rotatable bonds is 11. The summed E-state index contributed by atoms with van der Waals surface area (Å²) in [4.78, 5) is 4.43. The first kappa shape index (κ1) is 26.5. The molecule has 0 aliphatic carbocycles. The molecule has 0 spiro atoms. The summed E-state index contributed by atoms with van der Waals surface area (Å²) in [6.07, 6.45) is 7.54. The van der Waals surface area contributed by atoms with E-state index >= 15 is 0 Å². The fourth-order valence-corrected chi connectivity index (χ4v) is 4.12. The molecule has 0 aliphatic heterocycles. The van der Waals surface area contributed by atoms with E-state index in [-0.39, 0.29) is 29.5 Å². The van der Waals surface area contributed by atoms with Crippen LogP contribution in [0, 0.1) is 6.92 Å². The number of aromatic nitrogens is 4. The number of aryl methyl sites for hydroxylation is 1. The number of hydrogen-bond acceptors (Lipinski definition) is 10. The van der Waals surface area contributed by atoms with Gasteiger partial charge in [0.25, 0.3) is 5.89 Å². The summed E-state index contributed by atoms with van der Waals surface area (Å²) < 4.78 is 22.4. The normalized spacial score (nSPS) is 11.3. The summed E-state index contributed by atoms with van der Waals surface area (Å²) in [5, 5.41) is 34.7. The van der Waals surface area contributed by atoms with Gasteiger partial charge >= 0.3 is 0 Å². The molecule has 3 aromatic heterocycles. The quantitative estimate of drug-likeness (QED) is 0.239. The molecule has 0 aliphatic rings. The third-order valence-corrected chi connectivity index (χ3v) is 6.11. The molecule has 1 aromatic carbocycles. The van der Waals surface area contributed by atoms with E-state index < -0.39 is 5.88 Å². The van der Waals surface area contributed by atoms with Gasteiger partial charge in [0.2, 0.25) is 11.8 Å². The van der Waals surface area contributed by atoms with Gasteiger partial charge in [0.05, 0.1) is 43.2 Å². The number of allylic oxidation sites excluding steroid dienone is 2. The lowest BCUT2D eigenvalue weighted by Crippen LogP contribution is -2.01. The highest BCUT2D eigenvalue weighted by molar-refractivity contribution is 5.88. The Balaban J connectivity index is 1.81. The summed E-state index contributed by atoms with van der Waals surface area (Å²) in [6.45, 7) is 7.57. The second-order valence-electron chi connectivity index (χ2n) is 8.51. The van der Waals surface area contributed by atoms with Gasteiger partial charge in [-0.1, -0.05) is 43.3 Å². The van der Waals surface area contributed by atoms with E-state index in [4.69, 9.17) is 18.4 Å². The predicted octanol–water partition coefficient (Wildman–Crippen LogP) is 5.66. The molecule has 0 unspecified atom stereocenters. The molecule has 0 amide bonds. The minimum absolute atomic E-state index is 0.0848. The fraction of sp³-hybridized carbons (Fsp3) is 0.286. The van der Waals surface area contributed by atoms with Crippen molar-refractivity contribution in [1.29, 1.82) is 0 Å². The van der Waals surface area contributed by atoms with Crippen LogP contribution in [0.2, 0.25) is 0 Å². The molecule has 0 atom stereocenters. The first-order valence-electron chi connectivity index (χ1n) is 12.2. The number of hydrogen-bond donors (Lipinski definition) is 2. The van der Waals surface area contributed by atoms with Crippen molar-refractivity contribution in [3.05, 3.63) is 65.5 Å². The number of ether oxygens (including phenoxy) is 2. The molecular formula is C28H30N4O6. The zero-order valence-corrected chi connectivity index (χ0v) is 21.8. The number of pyridine rings is 1. The van der Waals surface area contributed by atoms with Crippen LogP contribution in [0.25, 0.3) is 28.7 Å². The van der Waals surface area contributed by atoms with E-state index in [1.54, 1.807) is 36.4 Å². The summed E-state index contributed by atoms with van der Waals surface area (Å²) in [6, 6.07) is 5.31. The monoisotopic (exact) mass is 518 g/mol. The van der Waals surface area contributed by atoms with Gasteiger partial charge in [-0.15, -0.1) is 10.2 Å². The van der Waals surface area contributed by atoms with Crippen LogP contribution >= 0.6 is 0 Å². The standard InChI is InChI=1S/C28H30N4O6/c1-6-8-11-17-23(24-20(35-4)13-10-14-21(24)36-5)26(33)25(27(34)29-17)28-31-30-22(37-28)15-18-16(3)19(38-32-18)12-9-7-2/h7,9-10,12-14H,2,6,8,11,15H2,1,3-5H3,(H2,29,33,34)/b12-9-. The average molecular weight is 519 g/mol. The van der Waals surface area contributed by atoms with Crippen LogP contribution in [-0.4, -0.2) is 44.8 Å². The molecule has 0 saturated carbocycles. The number of benzene rings is 1. The van der Waals surface area contributed by atoms with Gasteiger partial charge in [-0.25, -0.2) is 4.98 Å². The highest BCUT2D eigenvalue weighted by Crippen LogP contribution is 2.49. The molecule has 38 heavy (non-hydrogen) atoms. The lowest BCUT2D eigenvalue weighted by atomic mass is 9.95. The van der Waals surface area contributed by atoms with Gasteiger partial charge in [0.1, 0.15) is 22.8 Å². The van der Waals surface area contributed by atoms with E-state index in [2.05, 4.69) is 26.9 Å². The topological polar surface area (TPSA) is 137 Å². The maximum Gasteiger partial charge on any atom is 0.257 e. The summed E-state index contributed by atoms with van der Waals surface area (Å²) in [5.74, 6) is 0.993. The molecule has 0 radical (unpaired) electrons. The predicted molar refractivity (Wildman–Crippen MR) is 141 cm³/mol. The van der Waals surface area contributed by atoms with Gasteiger partial charge in [0, 0.05) is 5.56 Å². The number of aromatic hydroxyl groups is 2. The molecule has 4 rings (SSSR count). The van der Waals surface area contributed by atoms with Gasteiger partial charge in [-0.2, -0.15) is 0 Å². The maximum atomic E-state index is 11.5. The number of nitrogens with zero attached hydrogens (tertiary/aromatic N) is 4. The molecule has 2 N–H and O–H groups in total. The Hall–Kier alpha value is -4.60. The van der Waals surface area contributed by atoms with Gasteiger partial charge in [0.15, 0.2) is 5.76 Å². The Morgan fingerprint density at radius 1 is 1.03 bits per heavy atom. The lowest BCUT2D eigenvalue weighted by Gasteiger charge is -2.18. The molecular weight excluding hydrogens is 488 g/mol. The van der Waals surface area contributed by atoms with Gasteiger partial charge < -0.3 is 28.6 Å². The fourth-order valence-electron chi connectivity index (χ4n) is 4.12. The average Bonchev–Trinajstić information content (AvgIpc) is 3.52. The zero-order valence-electron chi connectivity index (χ0n) is 21.8. The van der Waals surface area contributed by atoms with Crippen molar-refractivity contribution in [2.75, 3.05) is 14.2 Å². The second kappa shape index (κ2) is 11.6. The van der Waals surface area contributed by atoms with Crippen molar-refractivity contribution >= 4 is 6.08 Å². The van der Waals surface area contributed by atoms with Crippen LogP contribution in [0.15, 0.2) is 45.9 Å². The Morgan fingerprint density at radius 2 is 1.76 bits per heavy atom. The molecule has 10 nitrogen and oxygen atoms in total. The minimum atomic E-state index is -0.420. The SMILES string of the molecule is C=C/C=C\c1onc(Cc2nnc(-c3c(O)nc(CCCC)c(-c4c(OC)cccc4OC)c3O)o2)c1C. The minimum Gasteiger partial charge on any atom is -0.506 e. The lowest BCUT2D eigenvalue weighted by molar-refractivity contribution is 0.395. The number of unbranched alkanes of at least 4 members (excludes halogenated alkanes) is 1. The van der Waals surface area contributed by atoms with E-state index in [0.29, 0.717) is 46.2 Å². The van der Waals surface area contributed by atoms with Crippen LogP contribution in [0.1, 0.15) is 48.4 Å². The third-order valence-electron chi connectivity index (χ3n) is 6.11. The van der Waals surface area contributed by atoms with Crippen molar-refractivity contribution in [1.82, 2.24) is 20.3 Å². The Bertz CT molecular complexity index is 1450. The molecule has 198 valence electrons. The third kappa shape index (κ3) is 5.10. The molecule has 0 saturated heterocycles. The largest absolute Gasteiger partial charge is 0.506 e. The first-order chi connectivity index (χ1) is 18.4. The molecule has 3 heterocycles. The van der Waals surface area contributed by atoms with Crippen molar-refractivity contribution in [3.63, 3.8) is 0 Å². The Morgan fingerprint density at radius 3 is 2.42 bits per heavy atom. The van der Waals surface area contributed by atoms with E-state index in [1.807, 2.05) is 13.8 Å². The van der Waals surface area contributed by atoms with E-state index in [9.17, 15) is 10.2 Å². The highest BCUT2D eigenvalue weighted by atomic mass is 16.5. The van der Waals surface area contributed by atoms with Crippen LogP contribution < -0.4 is 9.47 Å². The van der Waals surface area contributed by atoms with E-state index in [1.165, 1.54) is 14.2 Å². The molecule has 4 aromatic rings. The van der Waals surface area contributed by atoms with Crippen LogP contribution in [0.4, 0.5) is 0 Å². The Kier molecular flexibility index (Phi) is 8.10. The molecule has 0 fully saturated rings. The summed E-state index contributed by atoms with van der Waals surface area (Å²) in [7, 11) is 3.06. The van der Waals surface area contributed by atoms with Crippen LogP contribution in [0.5, 0.6) is 23.1 Å². The summed E-state index contributed by atoms with van der Waals surface area (Å²) in [5.41, 5.74) is 2.72. The van der Waals surface area contributed by atoms with Gasteiger partial charge in [-0.05, 0) is 38.0 Å². The van der Waals surface area contributed by atoms with Crippen LogP contribution in [0.3, 0.4) is 0 Å². The first-order valence-corrected chi connectivity index (χ1v) is 12.2. The highest BCUT2D eigenvalue weighted by Gasteiger charge is 2.29. The molecule has 0 bridgehead atoms. The summed E-state index contributed by atoms with van der Waals surface area (Å²) >= 11 is 0. The number of methoxy groups -OCH3 is 2. The van der Waals surface area contributed by atoms with Crippen molar-refractivity contribution in [2.24, 2.45) is 0 Å². The zero-order chi connectivity index (χ0) is 27.2. The van der Waals surface area contributed by atoms with Crippen molar-refractivity contribution < 1.29 is 28.6 Å². The van der Waals surface area contributed by atoms with E-state index in [0.717, 1.165) is 18.4 Å². The van der Waals surface area contributed by atoms with Crippen molar-refractivity contribution in [2.45, 2.75) is 39.5 Å². The maximum absolute atomic E-state index is 11.5. The van der Waals surface area contributed by atoms with Crippen LogP contribution in [-0.2, 0) is 12.8 Å². The Labute approximate surface area is 220 Å². The van der Waals surface area contributed by atoms with Crippen molar-refractivity contribution in [3.8, 4) is 45.7 Å². The second-order valence-corrected chi connectivity index (χ2v) is 8.51. The van der Waals surface area contributed by atoms with Gasteiger partial charge in [-0.3, -0.25) is 0 Å². The smallest absolute Gasteiger partial charge is 0.257 e.